The highest BCUT2D eigenvalue weighted by Crippen LogP contribution is 2.28. The minimum Gasteiger partial charge on any atom is -0.464 e. The van der Waals surface area contributed by atoms with E-state index < -0.39 is 10.0 Å². The van der Waals surface area contributed by atoms with Crippen LogP contribution in [0.5, 0.6) is 6.01 Å². The van der Waals surface area contributed by atoms with Gasteiger partial charge in [0.15, 0.2) is 5.82 Å². The number of aromatic nitrogens is 3. The summed E-state index contributed by atoms with van der Waals surface area (Å²) in [5.74, 6) is 0.753. The molecule has 3 rings (SSSR count). The fourth-order valence-corrected chi connectivity index (χ4v) is 4.33. The van der Waals surface area contributed by atoms with Crippen LogP contribution in [0, 0.1) is 0 Å². The Morgan fingerprint density at radius 3 is 2.59 bits per heavy atom. The van der Waals surface area contributed by atoms with Crippen molar-refractivity contribution in [3.63, 3.8) is 0 Å². The van der Waals surface area contributed by atoms with Gasteiger partial charge in [0.2, 0.25) is 0 Å². The standard InChI is InChI=1S/C24H33N5O4S/c1-7-18-9-11-29(17(3)20-14-25-23(26-15-20)32-8-2)16-19(18)10-12-34(30,31)28-22-13-21(33-27-22)24(4,5)6/h7,10,12-15,17H,1,8-9,11,16H2,2-6H3,(H,27,28)/b12-10+/t17-/m1/s1. The maximum Gasteiger partial charge on any atom is 0.316 e. The molecule has 1 aliphatic heterocycles. The zero-order chi connectivity index (χ0) is 24.9. The van der Waals surface area contributed by atoms with Crippen LogP contribution in [0.25, 0.3) is 0 Å². The van der Waals surface area contributed by atoms with Gasteiger partial charge in [0, 0.05) is 48.6 Å². The van der Waals surface area contributed by atoms with E-state index in [2.05, 4.69) is 38.2 Å². The summed E-state index contributed by atoms with van der Waals surface area (Å²) in [6, 6.07) is 2.00. The number of nitrogens with one attached hydrogen (secondary N) is 1. The highest BCUT2D eigenvalue weighted by Gasteiger charge is 2.24. The molecule has 0 fully saturated rings. The van der Waals surface area contributed by atoms with Gasteiger partial charge in [0.05, 0.1) is 12.0 Å². The molecule has 0 spiro atoms. The van der Waals surface area contributed by atoms with Gasteiger partial charge in [0.25, 0.3) is 10.0 Å². The quantitative estimate of drug-likeness (QED) is 0.555. The smallest absolute Gasteiger partial charge is 0.316 e. The summed E-state index contributed by atoms with van der Waals surface area (Å²) < 4.78 is 38.3. The van der Waals surface area contributed by atoms with E-state index in [4.69, 9.17) is 9.26 Å². The SMILES string of the molecule is C=CC1=C(/C=C/S(=O)(=O)Nc2cc(C(C)(C)C)on2)CN([C@H](C)c2cnc(OCC)nc2)CC1. The monoisotopic (exact) mass is 487 g/mol. The lowest BCUT2D eigenvalue weighted by molar-refractivity contribution is 0.222. The Kier molecular flexibility index (Phi) is 7.93. The van der Waals surface area contributed by atoms with Gasteiger partial charge in [0.1, 0.15) is 5.76 Å². The first-order valence-corrected chi connectivity index (χ1v) is 12.8. The second-order valence-corrected chi connectivity index (χ2v) is 10.7. The van der Waals surface area contributed by atoms with Crippen molar-refractivity contribution in [2.24, 2.45) is 0 Å². The van der Waals surface area contributed by atoms with E-state index in [1.54, 1.807) is 30.6 Å². The second-order valence-electron chi connectivity index (χ2n) is 9.16. The van der Waals surface area contributed by atoms with Gasteiger partial charge in [-0.25, -0.2) is 18.4 Å². The molecule has 0 saturated heterocycles. The number of ether oxygens (including phenoxy) is 1. The van der Waals surface area contributed by atoms with Gasteiger partial charge < -0.3 is 9.26 Å². The van der Waals surface area contributed by atoms with Gasteiger partial charge in [-0.15, -0.1) is 0 Å². The first kappa shape index (κ1) is 25.6. The maximum absolute atomic E-state index is 12.6. The molecule has 2 aromatic rings. The number of anilines is 1. The molecular formula is C24H33N5O4S. The number of hydrogen-bond acceptors (Lipinski definition) is 8. The van der Waals surface area contributed by atoms with Crippen LogP contribution in [0.1, 0.15) is 58.4 Å². The average molecular weight is 488 g/mol. The van der Waals surface area contributed by atoms with Crippen LogP contribution in [0.4, 0.5) is 5.82 Å². The van der Waals surface area contributed by atoms with Crippen LogP contribution in [0.15, 0.2) is 58.3 Å². The first-order valence-electron chi connectivity index (χ1n) is 11.2. The number of rotatable bonds is 9. The molecule has 184 valence electrons. The first-order chi connectivity index (χ1) is 16.0. The Labute approximate surface area is 201 Å². The molecule has 2 aromatic heterocycles. The van der Waals surface area contributed by atoms with Crippen molar-refractivity contribution in [3.05, 3.63) is 65.1 Å². The van der Waals surface area contributed by atoms with Gasteiger partial charge in [-0.2, -0.15) is 0 Å². The molecule has 0 radical (unpaired) electrons. The second kappa shape index (κ2) is 10.5. The lowest BCUT2D eigenvalue weighted by Crippen LogP contribution is -2.33. The molecule has 0 amide bonds. The molecule has 0 saturated carbocycles. The topological polar surface area (TPSA) is 110 Å². The minimum absolute atomic E-state index is 0.0473. The average Bonchev–Trinajstić information content (AvgIpc) is 3.26. The zero-order valence-corrected chi connectivity index (χ0v) is 21.2. The van der Waals surface area contributed by atoms with E-state index in [-0.39, 0.29) is 17.3 Å². The lowest BCUT2D eigenvalue weighted by Gasteiger charge is -2.33. The highest BCUT2D eigenvalue weighted by atomic mass is 32.2. The van der Waals surface area contributed by atoms with Crippen molar-refractivity contribution in [3.8, 4) is 6.01 Å². The predicted octanol–water partition coefficient (Wildman–Crippen LogP) is 4.37. The van der Waals surface area contributed by atoms with Crippen molar-refractivity contribution in [2.45, 2.75) is 52.5 Å². The van der Waals surface area contributed by atoms with Crippen LogP contribution < -0.4 is 9.46 Å². The fraction of sp³-hybridized carbons (Fsp3) is 0.458. The van der Waals surface area contributed by atoms with Crippen molar-refractivity contribution < 1.29 is 17.7 Å². The molecule has 1 aliphatic rings. The number of nitrogens with zero attached hydrogens (tertiary/aromatic N) is 4. The molecule has 0 bridgehead atoms. The molecule has 0 aromatic carbocycles. The lowest BCUT2D eigenvalue weighted by atomic mass is 9.93. The summed E-state index contributed by atoms with van der Waals surface area (Å²) in [6.07, 6.45) is 7.70. The molecule has 0 aliphatic carbocycles. The number of hydrogen-bond donors (Lipinski definition) is 1. The Hall–Kier alpha value is -2.98. The normalized spacial score (nSPS) is 16.6. The molecule has 10 heteroatoms. The highest BCUT2D eigenvalue weighted by molar-refractivity contribution is 7.95. The van der Waals surface area contributed by atoms with Crippen molar-refractivity contribution in [2.75, 3.05) is 24.4 Å². The number of allylic oxidation sites excluding steroid dienone is 1. The summed E-state index contributed by atoms with van der Waals surface area (Å²) >= 11 is 0. The van der Waals surface area contributed by atoms with Crippen LogP contribution in [-0.2, 0) is 15.4 Å². The van der Waals surface area contributed by atoms with E-state index in [1.807, 2.05) is 27.7 Å². The third-order valence-electron chi connectivity index (χ3n) is 5.60. The molecule has 3 heterocycles. The summed E-state index contributed by atoms with van der Waals surface area (Å²) in [6.45, 7) is 15.6. The molecule has 0 unspecified atom stereocenters. The van der Waals surface area contributed by atoms with Gasteiger partial charge in [-0.3, -0.25) is 9.62 Å². The van der Waals surface area contributed by atoms with Crippen LogP contribution in [0.2, 0.25) is 0 Å². The molecule has 1 atom stereocenters. The fourth-order valence-electron chi connectivity index (χ4n) is 3.53. The van der Waals surface area contributed by atoms with Crippen LogP contribution >= 0.6 is 0 Å². The van der Waals surface area contributed by atoms with Gasteiger partial charge in [-0.1, -0.05) is 38.6 Å². The third-order valence-corrected chi connectivity index (χ3v) is 6.58. The van der Waals surface area contributed by atoms with E-state index >= 15 is 0 Å². The predicted molar refractivity (Wildman–Crippen MR) is 132 cm³/mol. The third kappa shape index (κ3) is 6.54. The summed E-state index contributed by atoms with van der Waals surface area (Å²) in [4.78, 5) is 10.8. The molecular weight excluding hydrogens is 454 g/mol. The zero-order valence-electron chi connectivity index (χ0n) is 20.4. The Bertz CT molecular complexity index is 1160. The Morgan fingerprint density at radius 2 is 2.00 bits per heavy atom. The van der Waals surface area contributed by atoms with E-state index in [0.717, 1.165) is 35.1 Å². The maximum atomic E-state index is 12.6. The van der Waals surface area contributed by atoms with Crippen molar-refractivity contribution in [1.29, 1.82) is 0 Å². The molecule has 34 heavy (non-hydrogen) atoms. The minimum atomic E-state index is -3.77. The molecule has 1 N–H and O–H groups in total. The Morgan fingerprint density at radius 1 is 1.29 bits per heavy atom. The number of sulfonamides is 1. The van der Waals surface area contributed by atoms with Crippen molar-refractivity contribution in [1.82, 2.24) is 20.0 Å². The van der Waals surface area contributed by atoms with Crippen LogP contribution in [-0.4, -0.2) is 48.1 Å². The summed E-state index contributed by atoms with van der Waals surface area (Å²) in [7, 11) is -3.77. The summed E-state index contributed by atoms with van der Waals surface area (Å²) in [5.41, 5.74) is 2.60. The molecule has 9 nitrogen and oxygen atoms in total. The Balaban J connectivity index is 1.72. The van der Waals surface area contributed by atoms with E-state index in [9.17, 15) is 8.42 Å². The van der Waals surface area contributed by atoms with Crippen molar-refractivity contribution >= 4 is 15.8 Å². The van der Waals surface area contributed by atoms with Gasteiger partial charge >= 0.3 is 6.01 Å². The van der Waals surface area contributed by atoms with Gasteiger partial charge in [-0.05, 0) is 37.5 Å². The van der Waals surface area contributed by atoms with Crippen LogP contribution in [0.3, 0.4) is 0 Å². The summed E-state index contributed by atoms with van der Waals surface area (Å²) in [5, 5.41) is 4.98. The largest absolute Gasteiger partial charge is 0.464 e. The van der Waals surface area contributed by atoms with E-state index in [0.29, 0.717) is 24.9 Å². The van der Waals surface area contributed by atoms with E-state index in [1.165, 1.54) is 0 Å².